The summed E-state index contributed by atoms with van der Waals surface area (Å²) in [5.74, 6) is 1.19. The number of hydrogen-bond acceptors (Lipinski definition) is 7. The molecule has 2 aromatic carbocycles. The first-order valence-electron chi connectivity index (χ1n) is 11.3. The van der Waals surface area contributed by atoms with E-state index < -0.39 is 11.5 Å². The number of piperidine rings is 1. The molecule has 1 amide bonds. The Balaban J connectivity index is 1.37. The van der Waals surface area contributed by atoms with E-state index in [9.17, 15) is 9.18 Å². The molecular formula is C25H23FN6O3. The first-order valence-corrected chi connectivity index (χ1v) is 11.3. The topological polar surface area (TPSA) is 85.1 Å². The number of ether oxygens (including phenoxy) is 1. The molecule has 4 heterocycles. The number of oxime groups is 1. The van der Waals surface area contributed by atoms with Crippen molar-refractivity contribution in [3.05, 3.63) is 71.1 Å². The Hall–Kier alpha value is -4.21. The van der Waals surface area contributed by atoms with Gasteiger partial charge in [0.1, 0.15) is 29.4 Å². The number of amides is 1. The van der Waals surface area contributed by atoms with Crippen LogP contribution >= 0.6 is 0 Å². The molecule has 6 rings (SSSR count). The van der Waals surface area contributed by atoms with Gasteiger partial charge in [-0.1, -0.05) is 11.2 Å². The molecule has 1 unspecified atom stereocenters. The van der Waals surface area contributed by atoms with E-state index in [2.05, 4.69) is 15.2 Å². The minimum atomic E-state index is -1.48. The van der Waals surface area contributed by atoms with Crippen molar-refractivity contribution in [3.63, 3.8) is 0 Å². The maximum absolute atomic E-state index is 14.2. The average molecular weight is 474 g/mol. The van der Waals surface area contributed by atoms with Crippen molar-refractivity contribution in [2.24, 2.45) is 5.16 Å². The summed E-state index contributed by atoms with van der Waals surface area (Å²) in [7, 11) is 3.28. The monoisotopic (exact) mass is 474 g/mol. The standard InChI is InChI=1S/C25H23FN6O3/c1-15-27-14-32(28-15)21-8-6-16(12-22(21)34-3)11-17-5-4-10-31-23(17)29-35-25(31)19-13-18(26)7-9-20(19)30(2)24(25)33/h6-9,11-14H,4-5,10H2,1-3H3. The summed E-state index contributed by atoms with van der Waals surface area (Å²) < 4.78 is 21.5. The summed E-state index contributed by atoms with van der Waals surface area (Å²) in [6.07, 6.45) is 5.22. The molecule has 9 nitrogen and oxygen atoms in total. The lowest BCUT2D eigenvalue weighted by atomic mass is 9.95. The minimum Gasteiger partial charge on any atom is -0.494 e. The summed E-state index contributed by atoms with van der Waals surface area (Å²) in [6.45, 7) is 2.40. The Morgan fingerprint density at radius 3 is 2.80 bits per heavy atom. The molecule has 0 aliphatic carbocycles. The van der Waals surface area contributed by atoms with Gasteiger partial charge in [0.05, 0.1) is 18.4 Å². The first kappa shape index (κ1) is 21.3. The molecule has 3 aliphatic rings. The fourth-order valence-corrected chi connectivity index (χ4v) is 5.04. The minimum absolute atomic E-state index is 0.285. The highest BCUT2D eigenvalue weighted by molar-refractivity contribution is 6.12. The van der Waals surface area contributed by atoms with E-state index in [1.165, 1.54) is 17.0 Å². The second-order valence-corrected chi connectivity index (χ2v) is 8.77. The number of aryl methyl sites for hydroxylation is 1. The van der Waals surface area contributed by atoms with Gasteiger partial charge in [-0.2, -0.15) is 5.10 Å². The van der Waals surface area contributed by atoms with Crippen molar-refractivity contribution in [1.29, 1.82) is 0 Å². The van der Waals surface area contributed by atoms with Crippen LogP contribution in [-0.4, -0.2) is 52.1 Å². The van der Waals surface area contributed by atoms with Gasteiger partial charge in [-0.05, 0) is 67.3 Å². The zero-order chi connectivity index (χ0) is 24.3. The number of fused-ring (bicyclic) bond motifs is 4. The summed E-state index contributed by atoms with van der Waals surface area (Å²) in [5, 5.41) is 8.71. The van der Waals surface area contributed by atoms with Crippen LogP contribution in [0.1, 0.15) is 29.8 Å². The van der Waals surface area contributed by atoms with Crippen molar-refractivity contribution in [1.82, 2.24) is 19.7 Å². The molecule has 3 aliphatic heterocycles. The number of methoxy groups -OCH3 is 1. The number of nitrogens with zero attached hydrogens (tertiary/aromatic N) is 6. The van der Waals surface area contributed by atoms with Crippen LogP contribution in [0.25, 0.3) is 11.8 Å². The molecule has 1 spiro atoms. The fraction of sp³-hybridized carbons (Fsp3) is 0.280. The quantitative estimate of drug-likeness (QED) is 0.579. The van der Waals surface area contributed by atoms with Gasteiger partial charge in [0.15, 0.2) is 5.84 Å². The lowest BCUT2D eigenvalue weighted by Gasteiger charge is -2.36. The molecule has 1 aromatic heterocycles. The number of amidine groups is 1. The zero-order valence-corrected chi connectivity index (χ0v) is 19.5. The third kappa shape index (κ3) is 3.05. The molecule has 1 atom stereocenters. The average Bonchev–Trinajstić information content (AvgIpc) is 3.52. The SMILES string of the molecule is COc1cc(C=C2CCCN3C2=NOC32C(=O)N(C)c3ccc(F)cc32)ccc1-n1cnc(C)n1. The number of rotatable bonds is 3. The molecule has 0 N–H and O–H groups in total. The van der Waals surface area contributed by atoms with E-state index in [1.54, 1.807) is 31.2 Å². The number of aromatic nitrogens is 3. The lowest BCUT2D eigenvalue weighted by Crippen LogP contribution is -2.54. The third-order valence-corrected chi connectivity index (χ3v) is 6.69. The van der Waals surface area contributed by atoms with E-state index >= 15 is 0 Å². The van der Waals surface area contributed by atoms with Crippen LogP contribution in [0.3, 0.4) is 0 Å². The van der Waals surface area contributed by atoms with Gasteiger partial charge >= 0.3 is 5.72 Å². The molecule has 35 heavy (non-hydrogen) atoms. The first-order chi connectivity index (χ1) is 16.9. The Morgan fingerprint density at radius 1 is 1.20 bits per heavy atom. The predicted molar refractivity (Wildman–Crippen MR) is 127 cm³/mol. The molecule has 178 valence electrons. The molecule has 10 heteroatoms. The molecule has 0 saturated carbocycles. The summed E-state index contributed by atoms with van der Waals surface area (Å²) in [6, 6.07) is 10.1. The molecule has 1 fully saturated rings. The van der Waals surface area contributed by atoms with E-state index in [4.69, 9.17) is 9.57 Å². The van der Waals surface area contributed by atoms with E-state index in [-0.39, 0.29) is 5.91 Å². The van der Waals surface area contributed by atoms with Gasteiger partial charge in [0.2, 0.25) is 0 Å². The van der Waals surface area contributed by atoms with Crippen molar-refractivity contribution in [2.75, 3.05) is 25.6 Å². The molecule has 3 aromatic rings. The van der Waals surface area contributed by atoms with Crippen LogP contribution in [0.2, 0.25) is 0 Å². The number of halogens is 1. The number of benzene rings is 2. The highest BCUT2D eigenvalue weighted by atomic mass is 19.1. The lowest BCUT2D eigenvalue weighted by molar-refractivity contribution is -0.157. The van der Waals surface area contributed by atoms with Crippen molar-refractivity contribution in [2.45, 2.75) is 25.5 Å². The molecule has 0 bridgehead atoms. The Labute approximate surface area is 201 Å². The van der Waals surface area contributed by atoms with Gasteiger partial charge < -0.3 is 19.4 Å². The largest absolute Gasteiger partial charge is 0.494 e. The van der Waals surface area contributed by atoms with Crippen molar-refractivity contribution in [3.8, 4) is 11.4 Å². The molecule has 0 radical (unpaired) electrons. The number of carbonyl (C=O) groups excluding carboxylic acids is 1. The summed E-state index contributed by atoms with van der Waals surface area (Å²) in [4.78, 5) is 26.8. The van der Waals surface area contributed by atoms with Crippen LogP contribution < -0.4 is 9.64 Å². The Morgan fingerprint density at radius 2 is 2.03 bits per heavy atom. The third-order valence-electron chi connectivity index (χ3n) is 6.69. The second kappa shape index (κ2) is 7.66. The van der Waals surface area contributed by atoms with Gasteiger partial charge in [0.25, 0.3) is 5.91 Å². The van der Waals surface area contributed by atoms with Gasteiger partial charge in [-0.25, -0.2) is 14.1 Å². The van der Waals surface area contributed by atoms with E-state index in [1.807, 2.05) is 36.1 Å². The number of likely N-dealkylation sites (N-methyl/N-ethyl adjacent to an activating group) is 1. The maximum atomic E-state index is 14.2. The van der Waals surface area contributed by atoms with Crippen LogP contribution in [0.4, 0.5) is 10.1 Å². The fourth-order valence-electron chi connectivity index (χ4n) is 5.04. The highest BCUT2D eigenvalue weighted by Crippen LogP contribution is 2.49. The maximum Gasteiger partial charge on any atom is 0.318 e. The van der Waals surface area contributed by atoms with Crippen LogP contribution in [0.15, 0.2) is 53.5 Å². The van der Waals surface area contributed by atoms with Crippen LogP contribution in [0.5, 0.6) is 5.75 Å². The zero-order valence-electron chi connectivity index (χ0n) is 19.5. The second-order valence-electron chi connectivity index (χ2n) is 8.77. The van der Waals surface area contributed by atoms with E-state index in [0.717, 1.165) is 29.7 Å². The van der Waals surface area contributed by atoms with E-state index in [0.29, 0.717) is 35.2 Å². The van der Waals surface area contributed by atoms with Gasteiger partial charge in [0, 0.05) is 13.6 Å². The van der Waals surface area contributed by atoms with Crippen LogP contribution in [0, 0.1) is 12.7 Å². The summed E-state index contributed by atoms with van der Waals surface area (Å²) in [5.41, 5.74) is 2.23. The Bertz CT molecular complexity index is 1430. The summed E-state index contributed by atoms with van der Waals surface area (Å²) >= 11 is 0. The van der Waals surface area contributed by atoms with Gasteiger partial charge in [-0.15, -0.1) is 0 Å². The van der Waals surface area contributed by atoms with Gasteiger partial charge in [-0.3, -0.25) is 4.79 Å². The number of anilines is 1. The number of carbonyl (C=O) groups is 1. The highest BCUT2D eigenvalue weighted by Gasteiger charge is 2.62. The van der Waals surface area contributed by atoms with Crippen molar-refractivity contribution < 1.29 is 18.8 Å². The van der Waals surface area contributed by atoms with Crippen LogP contribution in [-0.2, 0) is 15.4 Å². The smallest absolute Gasteiger partial charge is 0.318 e. The predicted octanol–water partition coefficient (Wildman–Crippen LogP) is 3.38. The van der Waals surface area contributed by atoms with Crippen molar-refractivity contribution >= 4 is 23.5 Å². The normalized spacial score (nSPS) is 21.9. The Kier molecular flexibility index (Phi) is 4.67. The molecular weight excluding hydrogens is 451 g/mol. The molecule has 1 saturated heterocycles. The number of hydrogen-bond donors (Lipinski definition) is 0.